The lowest BCUT2D eigenvalue weighted by Gasteiger charge is -2.32. The van der Waals surface area contributed by atoms with Crippen LogP contribution in [0.25, 0.3) is 0 Å². The van der Waals surface area contributed by atoms with E-state index in [4.69, 9.17) is 0 Å². The molecule has 0 fully saturated rings. The minimum Gasteiger partial charge on any atom is -0.313 e. The largest absolute Gasteiger partial charge is 0.313 e. The van der Waals surface area contributed by atoms with Crippen LogP contribution in [0.3, 0.4) is 0 Å². The van der Waals surface area contributed by atoms with Gasteiger partial charge < -0.3 is 5.32 Å². The Morgan fingerprint density at radius 1 is 1.22 bits per heavy atom. The summed E-state index contributed by atoms with van der Waals surface area (Å²) in [5.41, 5.74) is 3.07. The number of hydrogen-bond acceptors (Lipinski definition) is 2. The second-order valence-corrected chi connectivity index (χ2v) is 5.31. The Labute approximate surface area is 111 Å². The van der Waals surface area contributed by atoms with E-state index in [1.165, 1.54) is 37.9 Å². The standard InChI is InChI=1S/C16H26N2/c1-3-10-17-16(4-2)13-18-11-9-14-7-5-6-8-15(14)12-18/h5-8,16-17H,3-4,9-13H2,1-2H3. The fourth-order valence-corrected chi connectivity index (χ4v) is 2.71. The third-order valence-corrected chi connectivity index (χ3v) is 3.86. The number of benzene rings is 1. The van der Waals surface area contributed by atoms with Crippen molar-refractivity contribution in [3.8, 4) is 0 Å². The van der Waals surface area contributed by atoms with E-state index >= 15 is 0 Å². The quantitative estimate of drug-likeness (QED) is 0.830. The lowest BCUT2D eigenvalue weighted by Crippen LogP contribution is -2.43. The van der Waals surface area contributed by atoms with E-state index in [-0.39, 0.29) is 0 Å². The van der Waals surface area contributed by atoms with Crippen LogP contribution in [0.4, 0.5) is 0 Å². The minimum absolute atomic E-state index is 0.648. The fourth-order valence-electron chi connectivity index (χ4n) is 2.71. The third kappa shape index (κ3) is 3.56. The molecule has 0 bridgehead atoms. The zero-order valence-corrected chi connectivity index (χ0v) is 11.8. The number of nitrogens with one attached hydrogen (secondary N) is 1. The Balaban J connectivity index is 1.88. The van der Waals surface area contributed by atoms with Crippen molar-refractivity contribution in [2.24, 2.45) is 0 Å². The average molecular weight is 246 g/mol. The maximum atomic E-state index is 3.65. The van der Waals surface area contributed by atoms with Crippen molar-refractivity contribution in [3.05, 3.63) is 35.4 Å². The molecule has 1 unspecified atom stereocenters. The summed E-state index contributed by atoms with van der Waals surface area (Å²) in [5, 5.41) is 3.65. The predicted molar refractivity (Wildman–Crippen MR) is 77.8 cm³/mol. The molecule has 1 aromatic rings. The van der Waals surface area contributed by atoms with Gasteiger partial charge in [-0.05, 0) is 36.9 Å². The van der Waals surface area contributed by atoms with Crippen molar-refractivity contribution in [2.75, 3.05) is 19.6 Å². The molecule has 1 aliphatic heterocycles. The molecule has 1 N–H and O–H groups in total. The van der Waals surface area contributed by atoms with E-state index in [2.05, 4.69) is 48.3 Å². The monoisotopic (exact) mass is 246 g/mol. The highest BCUT2D eigenvalue weighted by atomic mass is 15.2. The SMILES string of the molecule is CCCNC(CC)CN1CCc2ccccc2C1. The molecule has 1 heterocycles. The first-order valence-corrected chi connectivity index (χ1v) is 7.36. The molecule has 0 aliphatic carbocycles. The number of rotatable bonds is 6. The van der Waals surface area contributed by atoms with Gasteiger partial charge in [0.2, 0.25) is 0 Å². The van der Waals surface area contributed by atoms with Gasteiger partial charge in [0.05, 0.1) is 0 Å². The highest BCUT2D eigenvalue weighted by Gasteiger charge is 2.18. The fraction of sp³-hybridized carbons (Fsp3) is 0.625. The summed E-state index contributed by atoms with van der Waals surface area (Å²) in [6.07, 6.45) is 3.65. The highest BCUT2D eigenvalue weighted by molar-refractivity contribution is 5.29. The lowest BCUT2D eigenvalue weighted by molar-refractivity contribution is 0.222. The molecule has 1 atom stereocenters. The van der Waals surface area contributed by atoms with Crippen LogP contribution in [0.2, 0.25) is 0 Å². The van der Waals surface area contributed by atoms with Gasteiger partial charge in [-0.1, -0.05) is 38.1 Å². The Kier molecular flexibility index (Phi) is 5.21. The molecule has 1 aromatic carbocycles. The van der Waals surface area contributed by atoms with Crippen LogP contribution in [0.5, 0.6) is 0 Å². The number of hydrogen-bond donors (Lipinski definition) is 1. The van der Waals surface area contributed by atoms with Gasteiger partial charge in [-0.2, -0.15) is 0 Å². The number of nitrogens with zero attached hydrogens (tertiary/aromatic N) is 1. The second-order valence-electron chi connectivity index (χ2n) is 5.31. The smallest absolute Gasteiger partial charge is 0.0237 e. The summed E-state index contributed by atoms with van der Waals surface area (Å²) in [6, 6.07) is 9.53. The molecule has 0 saturated heterocycles. The van der Waals surface area contributed by atoms with E-state index in [1.807, 2.05) is 0 Å². The van der Waals surface area contributed by atoms with Gasteiger partial charge in [-0.25, -0.2) is 0 Å². The molecule has 1 aliphatic rings. The molecule has 0 radical (unpaired) electrons. The van der Waals surface area contributed by atoms with Crippen molar-refractivity contribution >= 4 is 0 Å². The first kappa shape index (κ1) is 13.6. The molecule has 2 rings (SSSR count). The van der Waals surface area contributed by atoms with Gasteiger partial charge in [0.15, 0.2) is 0 Å². The Hall–Kier alpha value is -0.860. The Bertz CT molecular complexity index is 362. The molecule has 0 spiro atoms. The summed E-state index contributed by atoms with van der Waals surface area (Å²) in [6.45, 7) is 9.18. The van der Waals surface area contributed by atoms with Crippen molar-refractivity contribution < 1.29 is 0 Å². The van der Waals surface area contributed by atoms with Crippen LogP contribution >= 0.6 is 0 Å². The van der Waals surface area contributed by atoms with Crippen LogP contribution in [-0.2, 0) is 13.0 Å². The summed E-state index contributed by atoms with van der Waals surface area (Å²) >= 11 is 0. The second kappa shape index (κ2) is 6.91. The summed E-state index contributed by atoms with van der Waals surface area (Å²) in [7, 11) is 0. The van der Waals surface area contributed by atoms with Crippen LogP contribution in [0.1, 0.15) is 37.8 Å². The molecule has 100 valence electrons. The molecular weight excluding hydrogens is 220 g/mol. The maximum absolute atomic E-state index is 3.65. The summed E-state index contributed by atoms with van der Waals surface area (Å²) < 4.78 is 0. The van der Waals surface area contributed by atoms with Gasteiger partial charge in [-0.15, -0.1) is 0 Å². The first-order chi connectivity index (χ1) is 8.83. The van der Waals surface area contributed by atoms with Gasteiger partial charge >= 0.3 is 0 Å². The third-order valence-electron chi connectivity index (χ3n) is 3.86. The molecular formula is C16H26N2. The topological polar surface area (TPSA) is 15.3 Å². The minimum atomic E-state index is 0.648. The Morgan fingerprint density at radius 2 is 2.00 bits per heavy atom. The van der Waals surface area contributed by atoms with E-state index in [1.54, 1.807) is 5.56 Å². The highest BCUT2D eigenvalue weighted by Crippen LogP contribution is 2.18. The zero-order valence-electron chi connectivity index (χ0n) is 11.8. The summed E-state index contributed by atoms with van der Waals surface area (Å²) in [4.78, 5) is 2.60. The van der Waals surface area contributed by atoms with Gasteiger partial charge in [0.25, 0.3) is 0 Å². The van der Waals surface area contributed by atoms with E-state index in [0.29, 0.717) is 6.04 Å². The average Bonchev–Trinajstić information content (AvgIpc) is 2.43. The van der Waals surface area contributed by atoms with Gasteiger partial charge in [-0.3, -0.25) is 4.90 Å². The van der Waals surface area contributed by atoms with Crippen LogP contribution in [0, 0.1) is 0 Å². The Morgan fingerprint density at radius 3 is 2.72 bits per heavy atom. The molecule has 2 heteroatoms. The normalized spacial score (nSPS) is 17.4. The van der Waals surface area contributed by atoms with Crippen molar-refractivity contribution in [2.45, 2.75) is 45.7 Å². The van der Waals surface area contributed by atoms with Gasteiger partial charge in [0, 0.05) is 25.7 Å². The van der Waals surface area contributed by atoms with Gasteiger partial charge in [0.1, 0.15) is 0 Å². The molecule has 0 amide bonds. The van der Waals surface area contributed by atoms with Crippen molar-refractivity contribution in [1.29, 1.82) is 0 Å². The van der Waals surface area contributed by atoms with Crippen LogP contribution in [-0.4, -0.2) is 30.6 Å². The zero-order chi connectivity index (χ0) is 12.8. The lowest BCUT2D eigenvalue weighted by atomic mass is 9.99. The maximum Gasteiger partial charge on any atom is 0.0237 e. The van der Waals surface area contributed by atoms with Crippen LogP contribution < -0.4 is 5.32 Å². The van der Waals surface area contributed by atoms with E-state index < -0.39 is 0 Å². The number of fused-ring (bicyclic) bond motifs is 1. The first-order valence-electron chi connectivity index (χ1n) is 7.36. The molecule has 0 saturated carbocycles. The van der Waals surface area contributed by atoms with E-state index in [0.717, 1.165) is 13.1 Å². The molecule has 2 nitrogen and oxygen atoms in total. The summed E-state index contributed by atoms with van der Waals surface area (Å²) in [5.74, 6) is 0. The van der Waals surface area contributed by atoms with Crippen molar-refractivity contribution in [1.82, 2.24) is 10.2 Å². The predicted octanol–water partition coefficient (Wildman–Crippen LogP) is 2.82. The molecule has 18 heavy (non-hydrogen) atoms. The molecule has 0 aromatic heterocycles. The van der Waals surface area contributed by atoms with Crippen LogP contribution in [0.15, 0.2) is 24.3 Å². The van der Waals surface area contributed by atoms with E-state index in [9.17, 15) is 0 Å². The van der Waals surface area contributed by atoms with Crippen molar-refractivity contribution in [3.63, 3.8) is 0 Å².